The Kier molecular flexibility index (Phi) is 5.76. The summed E-state index contributed by atoms with van der Waals surface area (Å²) in [5.41, 5.74) is 6.53. The van der Waals surface area contributed by atoms with Crippen molar-refractivity contribution in [1.29, 1.82) is 0 Å². The third-order valence-corrected chi connectivity index (χ3v) is 2.88. The molecule has 0 spiro atoms. The van der Waals surface area contributed by atoms with Crippen LogP contribution < -0.4 is 10.5 Å². The Balaban J connectivity index is 2.94. The summed E-state index contributed by atoms with van der Waals surface area (Å²) in [7, 11) is 1.26. The Hall–Kier alpha value is -1.62. The molecule has 0 heterocycles. The molecule has 1 rings (SSSR count). The first kappa shape index (κ1) is 15.4. The highest BCUT2D eigenvalue weighted by atomic mass is 19.1. The number of halogens is 1. The van der Waals surface area contributed by atoms with Gasteiger partial charge >= 0.3 is 5.97 Å². The maximum atomic E-state index is 13.8. The third kappa shape index (κ3) is 4.21. The number of carbonyl (C=O) groups is 1. The molecule has 5 heteroatoms. The van der Waals surface area contributed by atoms with Crippen molar-refractivity contribution in [3.8, 4) is 5.75 Å². The Morgan fingerprint density at radius 3 is 2.74 bits per heavy atom. The molecule has 0 radical (unpaired) electrons. The van der Waals surface area contributed by atoms with Gasteiger partial charge in [0, 0.05) is 6.04 Å². The number of ether oxygens (including phenoxy) is 2. The van der Waals surface area contributed by atoms with Crippen molar-refractivity contribution in [2.24, 2.45) is 5.73 Å². The average molecular weight is 269 g/mol. The van der Waals surface area contributed by atoms with Crippen LogP contribution in [0.25, 0.3) is 0 Å². The standard InChI is InChI=1S/C14H20FNO3/c1-4-11(16)8-10-6-5-7-12(15)13(10)19-9(2)14(17)18-3/h5-7,9,11H,4,8,16H2,1-3H3. The number of carbonyl (C=O) groups excluding carboxylic acids is 1. The maximum absolute atomic E-state index is 13.8. The quantitative estimate of drug-likeness (QED) is 0.803. The first-order valence-corrected chi connectivity index (χ1v) is 6.27. The second kappa shape index (κ2) is 7.09. The molecule has 2 unspecified atom stereocenters. The Morgan fingerprint density at radius 2 is 2.16 bits per heavy atom. The highest BCUT2D eigenvalue weighted by Gasteiger charge is 2.20. The van der Waals surface area contributed by atoms with Crippen molar-refractivity contribution >= 4 is 5.97 Å². The van der Waals surface area contributed by atoms with Crippen molar-refractivity contribution in [2.75, 3.05) is 7.11 Å². The van der Waals surface area contributed by atoms with E-state index in [2.05, 4.69) is 4.74 Å². The Bertz CT molecular complexity index is 437. The lowest BCUT2D eigenvalue weighted by Crippen LogP contribution is -2.27. The van der Waals surface area contributed by atoms with E-state index in [1.165, 1.54) is 20.1 Å². The molecule has 0 saturated carbocycles. The van der Waals surface area contributed by atoms with Gasteiger partial charge in [-0.3, -0.25) is 0 Å². The second-order valence-electron chi connectivity index (χ2n) is 4.38. The van der Waals surface area contributed by atoms with Gasteiger partial charge in [0.05, 0.1) is 7.11 Å². The highest BCUT2D eigenvalue weighted by molar-refractivity contribution is 5.74. The zero-order valence-corrected chi connectivity index (χ0v) is 11.5. The normalized spacial score (nSPS) is 13.7. The van der Waals surface area contributed by atoms with E-state index < -0.39 is 17.9 Å². The lowest BCUT2D eigenvalue weighted by atomic mass is 10.0. The monoisotopic (exact) mass is 269 g/mol. The smallest absolute Gasteiger partial charge is 0.346 e. The molecule has 0 bridgehead atoms. The fourth-order valence-electron chi connectivity index (χ4n) is 1.66. The van der Waals surface area contributed by atoms with Crippen LogP contribution in [0.1, 0.15) is 25.8 Å². The molecule has 0 amide bonds. The molecule has 0 fully saturated rings. The fourth-order valence-corrected chi connectivity index (χ4v) is 1.66. The van der Waals surface area contributed by atoms with Gasteiger partial charge in [-0.2, -0.15) is 0 Å². The van der Waals surface area contributed by atoms with Gasteiger partial charge in [0.1, 0.15) is 0 Å². The lowest BCUT2D eigenvalue weighted by Gasteiger charge is -2.18. The zero-order valence-electron chi connectivity index (χ0n) is 11.5. The predicted molar refractivity (Wildman–Crippen MR) is 70.5 cm³/mol. The van der Waals surface area contributed by atoms with E-state index >= 15 is 0 Å². The summed E-state index contributed by atoms with van der Waals surface area (Å²) < 4.78 is 23.7. The Morgan fingerprint density at radius 1 is 1.47 bits per heavy atom. The largest absolute Gasteiger partial charge is 0.476 e. The maximum Gasteiger partial charge on any atom is 0.346 e. The zero-order chi connectivity index (χ0) is 14.4. The van der Waals surface area contributed by atoms with Crippen LogP contribution in [0.5, 0.6) is 5.75 Å². The van der Waals surface area contributed by atoms with E-state index in [0.717, 1.165) is 6.42 Å². The summed E-state index contributed by atoms with van der Waals surface area (Å²) in [6, 6.07) is 4.57. The molecular weight excluding hydrogens is 249 g/mol. The minimum absolute atomic E-state index is 0.0717. The summed E-state index contributed by atoms with van der Waals surface area (Å²) in [6.45, 7) is 3.48. The SMILES string of the molecule is CCC(N)Cc1cccc(F)c1OC(C)C(=O)OC. The molecule has 0 aliphatic heterocycles. The highest BCUT2D eigenvalue weighted by Crippen LogP contribution is 2.25. The van der Waals surface area contributed by atoms with E-state index in [-0.39, 0.29) is 11.8 Å². The summed E-state index contributed by atoms with van der Waals surface area (Å²) in [5, 5.41) is 0. The molecule has 0 aliphatic carbocycles. The summed E-state index contributed by atoms with van der Waals surface area (Å²) in [6.07, 6.45) is 0.415. The van der Waals surface area contributed by atoms with Gasteiger partial charge in [-0.1, -0.05) is 19.1 Å². The van der Waals surface area contributed by atoms with Gasteiger partial charge in [-0.05, 0) is 31.4 Å². The number of benzene rings is 1. The number of esters is 1. The van der Waals surface area contributed by atoms with Gasteiger partial charge in [0.2, 0.25) is 0 Å². The topological polar surface area (TPSA) is 61.5 Å². The molecule has 1 aromatic carbocycles. The third-order valence-electron chi connectivity index (χ3n) is 2.88. The van der Waals surface area contributed by atoms with Crippen molar-refractivity contribution in [3.05, 3.63) is 29.6 Å². The van der Waals surface area contributed by atoms with E-state index in [1.54, 1.807) is 12.1 Å². The van der Waals surface area contributed by atoms with Crippen LogP contribution in [-0.2, 0) is 16.0 Å². The molecule has 1 aromatic rings. The van der Waals surface area contributed by atoms with Crippen molar-refractivity contribution in [3.63, 3.8) is 0 Å². The van der Waals surface area contributed by atoms with Gasteiger partial charge in [-0.25, -0.2) is 9.18 Å². The van der Waals surface area contributed by atoms with Crippen LogP contribution in [0.3, 0.4) is 0 Å². The minimum Gasteiger partial charge on any atom is -0.476 e. The van der Waals surface area contributed by atoms with Gasteiger partial charge in [0.15, 0.2) is 17.7 Å². The van der Waals surface area contributed by atoms with E-state index in [9.17, 15) is 9.18 Å². The number of rotatable bonds is 6. The van der Waals surface area contributed by atoms with Gasteiger partial charge < -0.3 is 15.2 Å². The molecule has 19 heavy (non-hydrogen) atoms. The molecule has 0 aliphatic rings. The van der Waals surface area contributed by atoms with Crippen LogP contribution >= 0.6 is 0 Å². The van der Waals surface area contributed by atoms with Crippen LogP contribution in [0.2, 0.25) is 0 Å². The number of hydrogen-bond acceptors (Lipinski definition) is 4. The van der Waals surface area contributed by atoms with Gasteiger partial charge in [0.25, 0.3) is 0 Å². The first-order valence-electron chi connectivity index (χ1n) is 6.27. The van der Waals surface area contributed by atoms with Crippen LogP contribution in [0, 0.1) is 5.82 Å². The fraction of sp³-hybridized carbons (Fsp3) is 0.500. The van der Waals surface area contributed by atoms with Crippen LogP contribution in [-0.4, -0.2) is 25.2 Å². The first-order chi connectivity index (χ1) is 8.99. The van der Waals surface area contributed by atoms with Crippen LogP contribution in [0.4, 0.5) is 4.39 Å². The molecular formula is C14H20FNO3. The van der Waals surface area contributed by atoms with E-state index in [4.69, 9.17) is 10.5 Å². The molecule has 2 atom stereocenters. The lowest BCUT2D eigenvalue weighted by molar-refractivity contribution is -0.148. The number of methoxy groups -OCH3 is 1. The summed E-state index contributed by atoms with van der Waals surface area (Å²) in [4.78, 5) is 11.3. The molecule has 106 valence electrons. The second-order valence-corrected chi connectivity index (χ2v) is 4.38. The molecule has 2 N–H and O–H groups in total. The van der Waals surface area contributed by atoms with Crippen LogP contribution in [0.15, 0.2) is 18.2 Å². The van der Waals surface area contributed by atoms with Crippen molar-refractivity contribution in [2.45, 2.75) is 38.8 Å². The number of hydrogen-bond donors (Lipinski definition) is 1. The summed E-state index contributed by atoms with van der Waals surface area (Å²) in [5.74, 6) is -0.977. The molecule has 0 aromatic heterocycles. The Labute approximate surface area is 112 Å². The minimum atomic E-state index is -0.862. The summed E-state index contributed by atoms with van der Waals surface area (Å²) >= 11 is 0. The molecule has 4 nitrogen and oxygen atoms in total. The predicted octanol–water partition coefficient (Wildman–Crippen LogP) is 2.05. The molecule has 0 saturated heterocycles. The number of para-hydroxylation sites is 1. The van der Waals surface area contributed by atoms with Crippen molar-refractivity contribution < 1.29 is 18.7 Å². The van der Waals surface area contributed by atoms with Gasteiger partial charge in [-0.15, -0.1) is 0 Å². The van der Waals surface area contributed by atoms with Crippen molar-refractivity contribution in [1.82, 2.24) is 0 Å². The van der Waals surface area contributed by atoms with E-state index in [0.29, 0.717) is 12.0 Å². The van der Waals surface area contributed by atoms with E-state index in [1.807, 2.05) is 6.92 Å². The average Bonchev–Trinajstić information content (AvgIpc) is 2.41. The number of nitrogens with two attached hydrogens (primary N) is 1.